The standard InChI is InChI=1S/C19H17NO3/c1-12-3-4-14(13(2)9-12)5-7-17(21)15-6-8-18-16(10-15)20-19(22)11-23-18/h3-10H,11H2,1-2H3,(H,20,22). The Labute approximate surface area is 134 Å². The van der Waals surface area contributed by atoms with Crippen molar-refractivity contribution in [3.8, 4) is 5.75 Å². The van der Waals surface area contributed by atoms with Gasteiger partial charge in [0.15, 0.2) is 12.4 Å². The van der Waals surface area contributed by atoms with Gasteiger partial charge in [-0.25, -0.2) is 0 Å². The van der Waals surface area contributed by atoms with E-state index < -0.39 is 0 Å². The van der Waals surface area contributed by atoms with Crippen molar-refractivity contribution in [2.24, 2.45) is 0 Å². The predicted molar refractivity (Wildman–Crippen MR) is 89.8 cm³/mol. The molecule has 2 aromatic rings. The largest absolute Gasteiger partial charge is 0.482 e. The molecule has 4 heteroatoms. The fraction of sp³-hybridized carbons (Fsp3) is 0.158. The Morgan fingerprint density at radius 1 is 1.17 bits per heavy atom. The number of fused-ring (bicyclic) bond motifs is 1. The first-order valence-electron chi connectivity index (χ1n) is 7.39. The second-order valence-electron chi connectivity index (χ2n) is 5.61. The van der Waals surface area contributed by atoms with E-state index in [9.17, 15) is 9.59 Å². The van der Waals surface area contributed by atoms with Crippen molar-refractivity contribution in [3.05, 3.63) is 64.7 Å². The van der Waals surface area contributed by atoms with Crippen molar-refractivity contribution in [1.29, 1.82) is 0 Å². The second-order valence-corrected chi connectivity index (χ2v) is 5.61. The van der Waals surface area contributed by atoms with Crippen LogP contribution >= 0.6 is 0 Å². The van der Waals surface area contributed by atoms with E-state index in [4.69, 9.17) is 4.74 Å². The number of aryl methyl sites for hydroxylation is 2. The van der Waals surface area contributed by atoms with Gasteiger partial charge in [0.2, 0.25) is 0 Å². The van der Waals surface area contributed by atoms with Gasteiger partial charge < -0.3 is 10.1 Å². The molecule has 1 heterocycles. The van der Waals surface area contributed by atoms with Crippen LogP contribution < -0.4 is 10.1 Å². The van der Waals surface area contributed by atoms with E-state index in [0.29, 0.717) is 17.0 Å². The number of benzene rings is 2. The molecular formula is C19H17NO3. The van der Waals surface area contributed by atoms with Crippen molar-refractivity contribution in [1.82, 2.24) is 0 Å². The van der Waals surface area contributed by atoms with Crippen molar-refractivity contribution < 1.29 is 14.3 Å². The molecule has 1 aliphatic rings. The lowest BCUT2D eigenvalue weighted by atomic mass is 10.0. The Morgan fingerprint density at radius 3 is 2.78 bits per heavy atom. The topological polar surface area (TPSA) is 55.4 Å². The van der Waals surface area contributed by atoms with E-state index in [1.165, 1.54) is 5.56 Å². The summed E-state index contributed by atoms with van der Waals surface area (Å²) in [6.45, 7) is 4.06. The molecule has 0 saturated carbocycles. The summed E-state index contributed by atoms with van der Waals surface area (Å²) >= 11 is 0. The fourth-order valence-corrected chi connectivity index (χ4v) is 2.51. The van der Waals surface area contributed by atoms with Crippen LogP contribution in [-0.4, -0.2) is 18.3 Å². The third kappa shape index (κ3) is 3.31. The molecule has 0 fully saturated rings. The number of nitrogens with one attached hydrogen (secondary N) is 1. The maximum Gasteiger partial charge on any atom is 0.262 e. The van der Waals surface area contributed by atoms with Crippen LogP contribution in [0.2, 0.25) is 0 Å². The smallest absolute Gasteiger partial charge is 0.262 e. The SMILES string of the molecule is Cc1ccc(C=CC(=O)c2ccc3c(c2)NC(=O)CO3)c(C)c1. The van der Waals surface area contributed by atoms with Gasteiger partial charge in [0.25, 0.3) is 5.91 Å². The highest BCUT2D eigenvalue weighted by atomic mass is 16.5. The van der Waals surface area contributed by atoms with Gasteiger partial charge in [0, 0.05) is 5.56 Å². The highest BCUT2D eigenvalue weighted by Gasteiger charge is 2.17. The van der Waals surface area contributed by atoms with Crippen LogP contribution in [0.4, 0.5) is 5.69 Å². The zero-order chi connectivity index (χ0) is 16.4. The molecule has 0 atom stereocenters. The van der Waals surface area contributed by atoms with Crippen LogP contribution in [-0.2, 0) is 4.79 Å². The van der Waals surface area contributed by atoms with Crippen molar-refractivity contribution in [3.63, 3.8) is 0 Å². The van der Waals surface area contributed by atoms with E-state index in [2.05, 4.69) is 11.4 Å². The van der Waals surface area contributed by atoms with Gasteiger partial charge in [-0.2, -0.15) is 0 Å². The summed E-state index contributed by atoms with van der Waals surface area (Å²) in [6.07, 6.45) is 3.36. The Kier molecular flexibility index (Phi) is 3.98. The molecule has 116 valence electrons. The van der Waals surface area contributed by atoms with E-state index in [-0.39, 0.29) is 18.3 Å². The van der Waals surface area contributed by atoms with Crippen molar-refractivity contribution in [2.45, 2.75) is 13.8 Å². The van der Waals surface area contributed by atoms with Gasteiger partial charge in [-0.05, 0) is 49.2 Å². The Balaban J connectivity index is 1.82. The Bertz CT molecular complexity index is 821. The number of hydrogen-bond donors (Lipinski definition) is 1. The molecule has 0 spiro atoms. The number of allylic oxidation sites excluding steroid dienone is 1. The first-order valence-corrected chi connectivity index (χ1v) is 7.39. The van der Waals surface area contributed by atoms with Crippen LogP contribution in [0.15, 0.2) is 42.5 Å². The molecule has 0 saturated heterocycles. The zero-order valence-corrected chi connectivity index (χ0v) is 13.1. The van der Waals surface area contributed by atoms with Gasteiger partial charge in [-0.15, -0.1) is 0 Å². The number of ether oxygens (including phenoxy) is 1. The Morgan fingerprint density at radius 2 is 2.00 bits per heavy atom. The number of amides is 1. The molecule has 3 rings (SSSR count). The molecular weight excluding hydrogens is 290 g/mol. The van der Waals surface area contributed by atoms with Crippen LogP contribution in [0.25, 0.3) is 6.08 Å². The number of carbonyl (C=O) groups is 2. The summed E-state index contributed by atoms with van der Waals surface area (Å²) in [4.78, 5) is 23.7. The molecule has 0 bridgehead atoms. The van der Waals surface area contributed by atoms with E-state index in [1.807, 2.05) is 32.1 Å². The molecule has 0 aromatic heterocycles. The minimum absolute atomic E-state index is 0.00684. The highest BCUT2D eigenvalue weighted by Crippen LogP contribution is 2.28. The Hall–Kier alpha value is -2.88. The highest BCUT2D eigenvalue weighted by molar-refractivity contribution is 6.08. The van der Waals surface area contributed by atoms with Crippen LogP contribution in [0.5, 0.6) is 5.75 Å². The molecule has 1 aliphatic heterocycles. The minimum Gasteiger partial charge on any atom is -0.482 e. The van der Waals surface area contributed by atoms with Gasteiger partial charge in [0.1, 0.15) is 5.75 Å². The lowest BCUT2D eigenvalue weighted by Gasteiger charge is -2.17. The maximum absolute atomic E-state index is 12.3. The zero-order valence-electron chi connectivity index (χ0n) is 13.1. The number of anilines is 1. The lowest BCUT2D eigenvalue weighted by Crippen LogP contribution is -2.25. The van der Waals surface area contributed by atoms with E-state index >= 15 is 0 Å². The van der Waals surface area contributed by atoms with Crippen LogP contribution in [0.1, 0.15) is 27.0 Å². The maximum atomic E-state index is 12.3. The van der Waals surface area contributed by atoms with Crippen LogP contribution in [0.3, 0.4) is 0 Å². The number of rotatable bonds is 3. The molecule has 0 unspecified atom stereocenters. The molecule has 1 amide bonds. The first-order chi connectivity index (χ1) is 11.0. The summed E-state index contributed by atoms with van der Waals surface area (Å²) in [5.74, 6) is 0.250. The molecule has 4 nitrogen and oxygen atoms in total. The summed E-state index contributed by atoms with van der Waals surface area (Å²) in [5.41, 5.74) is 4.37. The second kappa shape index (κ2) is 6.08. The average Bonchev–Trinajstić information content (AvgIpc) is 2.53. The molecule has 1 N–H and O–H groups in total. The molecule has 2 aromatic carbocycles. The van der Waals surface area contributed by atoms with E-state index in [1.54, 1.807) is 24.3 Å². The summed E-state index contributed by atoms with van der Waals surface area (Å²) < 4.78 is 5.29. The fourth-order valence-electron chi connectivity index (χ4n) is 2.51. The summed E-state index contributed by atoms with van der Waals surface area (Å²) in [5, 5.41) is 2.70. The number of ketones is 1. The van der Waals surface area contributed by atoms with Crippen molar-refractivity contribution in [2.75, 3.05) is 11.9 Å². The first kappa shape index (κ1) is 15.0. The summed E-state index contributed by atoms with van der Waals surface area (Å²) in [7, 11) is 0. The lowest BCUT2D eigenvalue weighted by molar-refractivity contribution is -0.118. The van der Waals surface area contributed by atoms with Crippen LogP contribution in [0, 0.1) is 13.8 Å². The number of hydrogen-bond acceptors (Lipinski definition) is 3. The van der Waals surface area contributed by atoms with Gasteiger partial charge in [0.05, 0.1) is 5.69 Å². The predicted octanol–water partition coefficient (Wildman–Crippen LogP) is 3.53. The third-order valence-corrected chi connectivity index (χ3v) is 3.74. The average molecular weight is 307 g/mol. The monoisotopic (exact) mass is 307 g/mol. The minimum atomic E-state index is -0.215. The van der Waals surface area contributed by atoms with Gasteiger partial charge in [-0.3, -0.25) is 9.59 Å². The van der Waals surface area contributed by atoms with Gasteiger partial charge >= 0.3 is 0 Å². The van der Waals surface area contributed by atoms with E-state index in [0.717, 1.165) is 11.1 Å². The third-order valence-electron chi connectivity index (χ3n) is 3.74. The molecule has 0 aliphatic carbocycles. The molecule has 23 heavy (non-hydrogen) atoms. The van der Waals surface area contributed by atoms with Crippen molar-refractivity contribution >= 4 is 23.5 Å². The quantitative estimate of drug-likeness (QED) is 0.697. The number of carbonyl (C=O) groups excluding carboxylic acids is 2. The molecule has 0 radical (unpaired) electrons. The van der Waals surface area contributed by atoms with Gasteiger partial charge in [-0.1, -0.05) is 29.8 Å². The normalized spacial score (nSPS) is 13.4. The summed E-state index contributed by atoms with van der Waals surface area (Å²) in [6, 6.07) is 11.1.